The van der Waals surface area contributed by atoms with E-state index in [2.05, 4.69) is 10.6 Å². The standard InChI is InChI=1S/C44H50N2O6/c47-30-39(27-34-16-8-4-9-17-34)45-42(48)29-37-20-12-1-2-13-21-38(26-33-14-6-3-7-15-33)44(50)52-32-40(46-43(37)49)28-35-22-24-41(25-23-35)51-31-36-18-10-5-11-19-36/h1,3-12,14-19,22-25,37-40,47H,2,13,20-21,26-32H2,(H,45,48)(H,46,49)/t37-,38-,39-,40+/m1/s1. The third kappa shape index (κ3) is 12.8. The predicted octanol–water partition coefficient (Wildman–Crippen LogP) is 6.55. The number of aliphatic hydroxyl groups is 1. The van der Waals surface area contributed by atoms with Crippen molar-refractivity contribution in [2.75, 3.05) is 13.2 Å². The van der Waals surface area contributed by atoms with Gasteiger partial charge in [-0.25, -0.2) is 0 Å². The maximum Gasteiger partial charge on any atom is 0.309 e. The number of aliphatic hydroxyl groups excluding tert-OH is 1. The summed E-state index contributed by atoms with van der Waals surface area (Å²) >= 11 is 0. The Bertz CT molecular complexity index is 1700. The van der Waals surface area contributed by atoms with Crippen LogP contribution in [0.4, 0.5) is 0 Å². The molecule has 0 aromatic heterocycles. The van der Waals surface area contributed by atoms with Crippen LogP contribution < -0.4 is 15.4 Å². The quantitative estimate of drug-likeness (QED) is 0.108. The fourth-order valence-corrected chi connectivity index (χ4v) is 6.43. The van der Waals surface area contributed by atoms with Crippen molar-refractivity contribution in [2.24, 2.45) is 11.8 Å². The van der Waals surface area contributed by atoms with Crippen molar-refractivity contribution in [1.29, 1.82) is 0 Å². The van der Waals surface area contributed by atoms with Crippen LogP contribution in [-0.4, -0.2) is 48.2 Å². The summed E-state index contributed by atoms with van der Waals surface area (Å²) in [7, 11) is 0. The van der Waals surface area contributed by atoms with Crippen molar-refractivity contribution in [2.45, 2.75) is 70.1 Å². The lowest BCUT2D eigenvalue weighted by molar-refractivity contribution is -0.150. The number of hydrogen-bond donors (Lipinski definition) is 3. The Kier molecular flexibility index (Phi) is 15.1. The van der Waals surface area contributed by atoms with Gasteiger partial charge in [-0.05, 0) is 79.3 Å². The monoisotopic (exact) mass is 702 g/mol. The van der Waals surface area contributed by atoms with Gasteiger partial charge in [0.15, 0.2) is 0 Å². The van der Waals surface area contributed by atoms with Gasteiger partial charge in [-0.3, -0.25) is 14.4 Å². The summed E-state index contributed by atoms with van der Waals surface area (Å²) < 4.78 is 11.9. The Balaban J connectivity index is 1.28. The van der Waals surface area contributed by atoms with E-state index in [1.165, 1.54) is 0 Å². The molecule has 0 fully saturated rings. The molecule has 0 unspecified atom stereocenters. The van der Waals surface area contributed by atoms with Crippen molar-refractivity contribution in [3.8, 4) is 5.75 Å². The molecule has 0 bridgehead atoms. The van der Waals surface area contributed by atoms with Crippen LogP contribution in [0.1, 0.15) is 54.4 Å². The molecule has 272 valence electrons. The Hall–Kier alpha value is -5.21. The Morgan fingerprint density at radius 3 is 2.10 bits per heavy atom. The predicted molar refractivity (Wildman–Crippen MR) is 202 cm³/mol. The van der Waals surface area contributed by atoms with Gasteiger partial charge in [0, 0.05) is 6.42 Å². The first-order valence-electron chi connectivity index (χ1n) is 18.3. The topological polar surface area (TPSA) is 114 Å². The minimum atomic E-state index is -0.645. The fourth-order valence-electron chi connectivity index (χ4n) is 6.43. The minimum absolute atomic E-state index is 0.000535. The molecule has 2 amide bonds. The zero-order chi connectivity index (χ0) is 36.4. The van der Waals surface area contributed by atoms with E-state index in [1.807, 2.05) is 127 Å². The molecule has 0 saturated heterocycles. The van der Waals surface area contributed by atoms with Crippen molar-refractivity contribution in [1.82, 2.24) is 10.6 Å². The van der Waals surface area contributed by atoms with Gasteiger partial charge >= 0.3 is 5.97 Å². The van der Waals surface area contributed by atoms with Crippen LogP contribution in [0.3, 0.4) is 0 Å². The van der Waals surface area contributed by atoms with E-state index in [0.717, 1.165) is 40.8 Å². The zero-order valence-corrected chi connectivity index (χ0v) is 29.7. The number of benzene rings is 4. The molecule has 8 nitrogen and oxygen atoms in total. The van der Waals surface area contributed by atoms with E-state index in [0.29, 0.717) is 38.7 Å². The number of ether oxygens (including phenoxy) is 2. The average Bonchev–Trinajstić information content (AvgIpc) is 3.17. The van der Waals surface area contributed by atoms with Gasteiger partial charge in [0.05, 0.1) is 30.5 Å². The summed E-state index contributed by atoms with van der Waals surface area (Å²) in [5.41, 5.74) is 4.09. The Morgan fingerprint density at radius 2 is 1.42 bits per heavy atom. The molecule has 1 aliphatic rings. The second kappa shape index (κ2) is 20.6. The lowest BCUT2D eigenvalue weighted by atomic mass is 9.93. The van der Waals surface area contributed by atoms with Crippen molar-refractivity contribution >= 4 is 17.8 Å². The van der Waals surface area contributed by atoms with E-state index in [1.54, 1.807) is 0 Å². The number of nitrogens with one attached hydrogen (secondary N) is 2. The van der Waals surface area contributed by atoms with Crippen LogP contribution in [0, 0.1) is 11.8 Å². The lowest BCUT2D eigenvalue weighted by Crippen LogP contribution is -2.45. The molecule has 4 aromatic rings. The summed E-state index contributed by atoms with van der Waals surface area (Å²) in [6.07, 6.45) is 8.03. The van der Waals surface area contributed by atoms with Crippen LogP contribution >= 0.6 is 0 Å². The summed E-state index contributed by atoms with van der Waals surface area (Å²) in [4.78, 5) is 40.7. The molecule has 0 spiro atoms. The number of carbonyl (C=O) groups is 3. The number of esters is 1. The fraction of sp³-hybridized carbons (Fsp3) is 0.341. The second-order valence-electron chi connectivity index (χ2n) is 13.5. The highest BCUT2D eigenvalue weighted by Gasteiger charge is 2.27. The molecule has 0 radical (unpaired) electrons. The molecule has 0 aliphatic carbocycles. The summed E-state index contributed by atoms with van der Waals surface area (Å²) in [6.45, 7) is 0.237. The van der Waals surface area contributed by atoms with Gasteiger partial charge in [0.2, 0.25) is 11.8 Å². The summed E-state index contributed by atoms with van der Waals surface area (Å²) in [5, 5.41) is 16.0. The number of carbonyl (C=O) groups excluding carboxylic acids is 3. The molecule has 1 heterocycles. The third-order valence-corrected chi connectivity index (χ3v) is 9.31. The van der Waals surface area contributed by atoms with E-state index in [9.17, 15) is 19.5 Å². The average molecular weight is 703 g/mol. The maximum atomic E-state index is 13.9. The molecule has 0 saturated carbocycles. The van der Waals surface area contributed by atoms with Crippen molar-refractivity contribution in [3.63, 3.8) is 0 Å². The van der Waals surface area contributed by atoms with Crippen LogP contribution in [0.25, 0.3) is 0 Å². The molecular formula is C44H50N2O6. The highest BCUT2D eigenvalue weighted by molar-refractivity contribution is 5.86. The largest absolute Gasteiger partial charge is 0.489 e. The van der Waals surface area contributed by atoms with Crippen LogP contribution in [-0.2, 0) is 45.0 Å². The van der Waals surface area contributed by atoms with Crippen molar-refractivity contribution < 1.29 is 29.0 Å². The van der Waals surface area contributed by atoms with E-state index >= 15 is 0 Å². The van der Waals surface area contributed by atoms with E-state index < -0.39 is 18.0 Å². The van der Waals surface area contributed by atoms with Crippen LogP contribution in [0.2, 0.25) is 0 Å². The minimum Gasteiger partial charge on any atom is -0.489 e. The smallest absolute Gasteiger partial charge is 0.309 e. The molecular weight excluding hydrogens is 652 g/mol. The zero-order valence-electron chi connectivity index (χ0n) is 29.7. The third-order valence-electron chi connectivity index (χ3n) is 9.31. The first kappa shape index (κ1) is 38.0. The number of cyclic esters (lactones) is 1. The number of amides is 2. The molecule has 4 atom stereocenters. The van der Waals surface area contributed by atoms with Gasteiger partial charge in [-0.2, -0.15) is 0 Å². The Morgan fingerprint density at radius 1 is 0.788 bits per heavy atom. The molecule has 5 rings (SSSR count). The summed E-state index contributed by atoms with van der Waals surface area (Å²) in [5.74, 6) is -1.09. The number of hydrogen-bond acceptors (Lipinski definition) is 6. The molecule has 1 aliphatic heterocycles. The van der Waals surface area contributed by atoms with Gasteiger partial charge in [-0.15, -0.1) is 0 Å². The first-order valence-corrected chi connectivity index (χ1v) is 18.3. The van der Waals surface area contributed by atoms with Gasteiger partial charge < -0.3 is 25.2 Å². The Labute approximate surface area is 307 Å². The number of rotatable bonds is 13. The molecule has 52 heavy (non-hydrogen) atoms. The second-order valence-corrected chi connectivity index (χ2v) is 13.5. The molecule has 8 heteroatoms. The SMILES string of the molecule is O=C(C[C@H]1CC=CCCC[C@H](Cc2ccccc2)C(=O)OC[C@H](Cc2ccc(OCc3ccccc3)cc2)NC1=O)N[C@@H](CO)Cc1ccccc1. The normalized spacial score (nSPS) is 19.1. The lowest BCUT2D eigenvalue weighted by Gasteiger charge is -2.25. The van der Waals surface area contributed by atoms with E-state index in [4.69, 9.17) is 9.47 Å². The maximum absolute atomic E-state index is 13.9. The highest BCUT2D eigenvalue weighted by Crippen LogP contribution is 2.21. The van der Waals surface area contributed by atoms with Gasteiger partial charge in [0.25, 0.3) is 0 Å². The van der Waals surface area contributed by atoms with E-state index in [-0.39, 0.29) is 43.3 Å². The highest BCUT2D eigenvalue weighted by atomic mass is 16.5. The van der Waals surface area contributed by atoms with Crippen LogP contribution in [0.5, 0.6) is 5.75 Å². The number of allylic oxidation sites excluding steroid dienone is 2. The molecule has 3 N–H and O–H groups in total. The van der Waals surface area contributed by atoms with Gasteiger partial charge in [-0.1, -0.05) is 115 Å². The molecule has 4 aromatic carbocycles. The first-order chi connectivity index (χ1) is 25.4. The summed E-state index contributed by atoms with van der Waals surface area (Å²) in [6, 6.07) is 36.3. The van der Waals surface area contributed by atoms with Gasteiger partial charge in [0.1, 0.15) is 19.0 Å². The van der Waals surface area contributed by atoms with Crippen LogP contribution in [0.15, 0.2) is 127 Å². The van der Waals surface area contributed by atoms with Crippen molar-refractivity contribution in [3.05, 3.63) is 150 Å².